The molecular formula is C23H23N3O3. The van der Waals surface area contributed by atoms with Gasteiger partial charge >= 0.3 is 6.03 Å². The second-order valence-electron chi connectivity index (χ2n) is 6.59. The van der Waals surface area contributed by atoms with Crippen LogP contribution in [0.5, 0.6) is 0 Å². The molecule has 3 aromatic rings. The van der Waals surface area contributed by atoms with Crippen molar-refractivity contribution in [2.45, 2.75) is 19.5 Å². The van der Waals surface area contributed by atoms with Gasteiger partial charge in [-0.25, -0.2) is 10.3 Å². The lowest BCUT2D eigenvalue weighted by molar-refractivity contribution is 0.0706. The highest BCUT2D eigenvalue weighted by molar-refractivity contribution is 5.93. The molecule has 0 bridgehead atoms. The Kier molecular flexibility index (Phi) is 6.60. The maximum atomic E-state index is 13.1. The summed E-state index contributed by atoms with van der Waals surface area (Å²) in [5, 5.41) is 11.6. The van der Waals surface area contributed by atoms with Gasteiger partial charge < -0.3 is 5.32 Å². The number of anilines is 1. The number of para-hydroxylation sites is 1. The van der Waals surface area contributed by atoms with E-state index in [4.69, 9.17) is 5.21 Å². The summed E-state index contributed by atoms with van der Waals surface area (Å²) in [6, 6.07) is 25.7. The van der Waals surface area contributed by atoms with E-state index in [1.165, 1.54) is 0 Å². The fourth-order valence-electron chi connectivity index (χ4n) is 3.09. The largest absolute Gasteiger partial charge is 0.334 e. The Morgan fingerprint density at radius 2 is 1.48 bits per heavy atom. The normalized spacial score (nSPS) is 11.4. The molecule has 0 aliphatic heterocycles. The summed E-state index contributed by atoms with van der Waals surface area (Å²) >= 11 is 0. The third-order valence-electron chi connectivity index (χ3n) is 4.68. The minimum atomic E-state index is -0.576. The molecular weight excluding hydrogens is 366 g/mol. The lowest BCUT2D eigenvalue weighted by Crippen LogP contribution is -2.41. The molecule has 0 aliphatic rings. The SMILES string of the molecule is CC(c1ccccc1)N(C(=O)NCc1ccc(C(=O)NO)cc1)c1ccccc1. The number of benzene rings is 3. The van der Waals surface area contributed by atoms with Gasteiger partial charge in [-0.2, -0.15) is 0 Å². The fraction of sp³-hybridized carbons (Fsp3) is 0.130. The van der Waals surface area contributed by atoms with Crippen molar-refractivity contribution < 1.29 is 14.8 Å². The average molecular weight is 389 g/mol. The van der Waals surface area contributed by atoms with E-state index in [1.807, 2.05) is 67.6 Å². The first-order valence-electron chi connectivity index (χ1n) is 9.30. The topological polar surface area (TPSA) is 81.7 Å². The lowest BCUT2D eigenvalue weighted by Gasteiger charge is -2.30. The quantitative estimate of drug-likeness (QED) is 0.435. The average Bonchev–Trinajstić information content (AvgIpc) is 2.79. The van der Waals surface area contributed by atoms with Gasteiger partial charge in [0.15, 0.2) is 0 Å². The summed E-state index contributed by atoms with van der Waals surface area (Å²) in [7, 11) is 0. The zero-order valence-electron chi connectivity index (χ0n) is 16.1. The Labute approximate surface area is 169 Å². The van der Waals surface area contributed by atoms with Gasteiger partial charge in [0.25, 0.3) is 5.91 Å². The summed E-state index contributed by atoms with van der Waals surface area (Å²) in [6.07, 6.45) is 0. The maximum absolute atomic E-state index is 13.1. The van der Waals surface area contributed by atoms with E-state index in [0.29, 0.717) is 12.1 Å². The molecule has 3 amide bonds. The number of hydroxylamine groups is 1. The van der Waals surface area contributed by atoms with E-state index >= 15 is 0 Å². The molecule has 6 heteroatoms. The smallest absolute Gasteiger partial charge is 0.322 e. The van der Waals surface area contributed by atoms with Gasteiger partial charge in [-0.3, -0.25) is 14.9 Å². The van der Waals surface area contributed by atoms with Crippen LogP contribution in [0.2, 0.25) is 0 Å². The van der Waals surface area contributed by atoms with Crippen molar-refractivity contribution in [3.63, 3.8) is 0 Å². The van der Waals surface area contributed by atoms with Crippen LogP contribution in [-0.4, -0.2) is 17.1 Å². The number of carbonyl (C=O) groups excluding carboxylic acids is 2. The van der Waals surface area contributed by atoms with E-state index in [9.17, 15) is 9.59 Å². The molecule has 0 aromatic heterocycles. The van der Waals surface area contributed by atoms with Crippen molar-refractivity contribution in [3.05, 3.63) is 102 Å². The van der Waals surface area contributed by atoms with Crippen molar-refractivity contribution in [1.29, 1.82) is 0 Å². The van der Waals surface area contributed by atoms with E-state index in [-0.39, 0.29) is 12.1 Å². The zero-order valence-corrected chi connectivity index (χ0v) is 16.1. The first kappa shape index (κ1) is 20.1. The van der Waals surface area contributed by atoms with Gasteiger partial charge in [-0.05, 0) is 42.3 Å². The van der Waals surface area contributed by atoms with E-state index in [0.717, 1.165) is 16.8 Å². The number of nitrogens with zero attached hydrogens (tertiary/aromatic N) is 1. The predicted molar refractivity (Wildman–Crippen MR) is 112 cm³/mol. The molecule has 29 heavy (non-hydrogen) atoms. The number of urea groups is 1. The van der Waals surface area contributed by atoms with Crippen LogP contribution in [0, 0.1) is 0 Å². The highest BCUT2D eigenvalue weighted by Gasteiger charge is 2.23. The molecule has 0 fully saturated rings. The van der Waals surface area contributed by atoms with Gasteiger partial charge in [-0.1, -0.05) is 60.7 Å². The number of rotatable bonds is 6. The van der Waals surface area contributed by atoms with Crippen LogP contribution in [0.1, 0.15) is 34.5 Å². The second kappa shape index (κ2) is 9.52. The van der Waals surface area contributed by atoms with Crippen molar-refractivity contribution in [3.8, 4) is 0 Å². The van der Waals surface area contributed by atoms with Crippen molar-refractivity contribution in [1.82, 2.24) is 10.8 Å². The Morgan fingerprint density at radius 1 is 0.897 bits per heavy atom. The van der Waals surface area contributed by atoms with E-state index in [1.54, 1.807) is 34.6 Å². The Morgan fingerprint density at radius 3 is 2.07 bits per heavy atom. The minimum Gasteiger partial charge on any atom is -0.334 e. The number of nitrogens with one attached hydrogen (secondary N) is 2. The van der Waals surface area contributed by atoms with Gasteiger partial charge in [0.2, 0.25) is 0 Å². The fourth-order valence-corrected chi connectivity index (χ4v) is 3.09. The number of hydrogen-bond acceptors (Lipinski definition) is 3. The Balaban J connectivity index is 1.76. The van der Waals surface area contributed by atoms with E-state index in [2.05, 4.69) is 5.32 Å². The Hall–Kier alpha value is -3.64. The van der Waals surface area contributed by atoms with Crippen LogP contribution < -0.4 is 15.7 Å². The Bertz CT molecular complexity index is 944. The van der Waals surface area contributed by atoms with Crippen LogP contribution in [0.15, 0.2) is 84.9 Å². The van der Waals surface area contributed by atoms with Crippen LogP contribution in [0.4, 0.5) is 10.5 Å². The number of amides is 3. The molecule has 0 heterocycles. The molecule has 3 aromatic carbocycles. The third-order valence-corrected chi connectivity index (χ3v) is 4.68. The van der Waals surface area contributed by atoms with Crippen LogP contribution >= 0.6 is 0 Å². The summed E-state index contributed by atoms with van der Waals surface area (Å²) in [5.74, 6) is -0.576. The third kappa shape index (κ3) is 5.00. The molecule has 0 aliphatic carbocycles. The summed E-state index contributed by atoms with van der Waals surface area (Å²) in [4.78, 5) is 26.2. The molecule has 3 N–H and O–H groups in total. The highest BCUT2D eigenvalue weighted by Crippen LogP contribution is 2.26. The van der Waals surface area contributed by atoms with Gasteiger partial charge in [-0.15, -0.1) is 0 Å². The summed E-state index contributed by atoms with van der Waals surface area (Å²) in [5.41, 5.74) is 4.61. The van der Waals surface area contributed by atoms with Crippen LogP contribution in [-0.2, 0) is 6.54 Å². The monoisotopic (exact) mass is 389 g/mol. The standard InChI is InChI=1S/C23H23N3O3/c1-17(19-8-4-2-5-9-19)26(21-10-6-3-7-11-21)23(28)24-16-18-12-14-20(15-13-18)22(27)25-29/h2-15,17,29H,16H2,1H3,(H,24,28)(H,25,27). The van der Waals surface area contributed by atoms with Gasteiger partial charge in [0.05, 0.1) is 6.04 Å². The number of carbonyl (C=O) groups is 2. The molecule has 148 valence electrons. The molecule has 0 saturated carbocycles. The molecule has 0 saturated heterocycles. The van der Waals surface area contributed by atoms with Crippen LogP contribution in [0.3, 0.4) is 0 Å². The molecule has 1 atom stereocenters. The summed E-state index contributed by atoms with van der Waals surface area (Å²) < 4.78 is 0. The molecule has 3 rings (SSSR count). The highest BCUT2D eigenvalue weighted by atomic mass is 16.5. The van der Waals surface area contributed by atoms with Gasteiger partial charge in [0.1, 0.15) is 0 Å². The second-order valence-corrected chi connectivity index (χ2v) is 6.59. The van der Waals surface area contributed by atoms with Crippen molar-refractivity contribution in [2.75, 3.05) is 4.90 Å². The number of hydrogen-bond donors (Lipinski definition) is 3. The first-order valence-corrected chi connectivity index (χ1v) is 9.30. The van der Waals surface area contributed by atoms with Crippen LogP contribution in [0.25, 0.3) is 0 Å². The zero-order chi connectivity index (χ0) is 20.6. The molecule has 0 radical (unpaired) electrons. The molecule has 0 spiro atoms. The molecule has 6 nitrogen and oxygen atoms in total. The minimum absolute atomic E-state index is 0.158. The molecule has 1 unspecified atom stereocenters. The van der Waals surface area contributed by atoms with Crippen molar-refractivity contribution in [2.24, 2.45) is 0 Å². The first-order chi connectivity index (χ1) is 14.1. The van der Waals surface area contributed by atoms with E-state index < -0.39 is 5.91 Å². The van der Waals surface area contributed by atoms with Crippen molar-refractivity contribution >= 4 is 17.6 Å². The lowest BCUT2D eigenvalue weighted by atomic mass is 10.1. The van der Waals surface area contributed by atoms with Gasteiger partial charge in [0, 0.05) is 17.8 Å². The summed E-state index contributed by atoms with van der Waals surface area (Å²) in [6.45, 7) is 2.30. The predicted octanol–water partition coefficient (Wildman–Crippen LogP) is 4.28. The maximum Gasteiger partial charge on any atom is 0.322 e.